The first-order chi connectivity index (χ1) is 12.2. The van der Waals surface area contributed by atoms with E-state index in [0.29, 0.717) is 6.42 Å². The number of carbonyl (C=O) groups excluding carboxylic acids is 1. The zero-order chi connectivity index (χ0) is 19.3. The SMILES string of the molecule is CCC(NC(=O)CCc1ccc(C(C)(C)C)cc1)c1ccc(C)cc1C. The van der Waals surface area contributed by atoms with Crippen LogP contribution in [0.2, 0.25) is 0 Å². The lowest BCUT2D eigenvalue weighted by atomic mass is 9.86. The second-order valence-electron chi connectivity index (χ2n) is 8.34. The van der Waals surface area contributed by atoms with E-state index in [-0.39, 0.29) is 17.4 Å². The molecule has 26 heavy (non-hydrogen) atoms. The Morgan fingerprint density at radius 1 is 1.04 bits per heavy atom. The van der Waals surface area contributed by atoms with Crippen molar-refractivity contribution in [2.75, 3.05) is 0 Å². The third-order valence-corrected chi connectivity index (χ3v) is 5.00. The quantitative estimate of drug-likeness (QED) is 0.700. The number of rotatable bonds is 6. The molecule has 1 unspecified atom stereocenters. The van der Waals surface area contributed by atoms with Crippen molar-refractivity contribution in [3.8, 4) is 0 Å². The fourth-order valence-corrected chi connectivity index (χ4v) is 3.31. The van der Waals surface area contributed by atoms with Gasteiger partial charge in [0, 0.05) is 6.42 Å². The van der Waals surface area contributed by atoms with Crippen molar-refractivity contribution in [1.29, 1.82) is 0 Å². The van der Waals surface area contributed by atoms with Gasteiger partial charge in [0.15, 0.2) is 0 Å². The van der Waals surface area contributed by atoms with Crippen LogP contribution in [0.15, 0.2) is 42.5 Å². The number of hydrogen-bond acceptors (Lipinski definition) is 1. The van der Waals surface area contributed by atoms with Crippen LogP contribution < -0.4 is 5.32 Å². The first kappa shape index (κ1) is 20.2. The van der Waals surface area contributed by atoms with E-state index in [1.165, 1.54) is 27.8 Å². The number of carbonyl (C=O) groups is 1. The monoisotopic (exact) mass is 351 g/mol. The zero-order valence-electron chi connectivity index (χ0n) is 17.1. The first-order valence-electron chi connectivity index (χ1n) is 9.66. The smallest absolute Gasteiger partial charge is 0.220 e. The fraction of sp³-hybridized carbons (Fsp3) is 0.458. The average Bonchev–Trinajstić information content (AvgIpc) is 2.58. The van der Waals surface area contributed by atoms with Crippen molar-refractivity contribution < 1.29 is 4.79 Å². The highest BCUT2D eigenvalue weighted by Gasteiger charge is 2.15. The van der Waals surface area contributed by atoms with Gasteiger partial charge in [-0.25, -0.2) is 0 Å². The van der Waals surface area contributed by atoms with Gasteiger partial charge in [-0.2, -0.15) is 0 Å². The van der Waals surface area contributed by atoms with Crippen LogP contribution in [0.5, 0.6) is 0 Å². The lowest BCUT2D eigenvalue weighted by molar-refractivity contribution is -0.121. The molecule has 2 aromatic carbocycles. The second kappa shape index (κ2) is 8.53. The second-order valence-corrected chi connectivity index (χ2v) is 8.34. The van der Waals surface area contributed by atoms with Crippen LogP contribution in [-0.2, 0) is 16.6 Å². The lowest BCUT2D eigenvalue weighted by Crippen LogP contribution is -2.28. The highest BCUT2D eigenvalue weighted by Crippen LogP contribution is 2.23. The average molecular weight is 352 g/mol. The molecule has 0 aliphatic rings. The minimum atomic E-state index is 0.0892. The van der Waals surface area contributed by atoms with Crippen molar-refractivity contribution in [3.05, 3.63) is 70.3 Å². The van der Waals surface area contributed by atoms with Gasteiger partial charge in [-0.1, -0.05) is 75.7 Å². The Kier molecular flexibility index (Phi) is 6.63. The Balaban J connectivity index is 1.95. The summed E-state index contributed by atoms with van der Waals surface area (Å²) in [5.41, 5.74) is 6.43. The largest absolute Gasteiger partial charge is 0.349 e. The molecule has 0 heterocycles. The molecular formula is C24H33NO. The molecule has 0 radical (unpaired) electrons. The third-order valence-electron chi connectivity index (χ3n) is 5.00. The summed E-state index contributed by atoms with van der Waals surface area (Å²) in [7, 11) is 0. The molecule has 1 N–H and O–H groups in total. The summed E-state index contributed by atoms with van der Waals surface area (Å²) in [4.78, 5) is 12.5. The maximum absolute atomic E-state index is 12.5. The van der Waals surface area contributed by atoms with E-state index >= 15 is 0 Å². The summed E-state index contributed by atoms with van der Waals surface area (Å²) in [6, 6.07) is 15.2. The molecule has 0 aromatic heterocycles. The number of hydrogen-bond donors (Lipinski definition) is 1. The number of benzene rings is 2. The molecule has 2 rings (SSSR count). The van der Waals surface area contributed by atoms with Crippen LogP contribution in [-0.4, -0.2) is 5.91 Å². The summed E-state index contributed by atoms with van der Waals surface area (Å²) >= 11 is 0. The first-order valence-corrected chi connectivity index (χ1v) is 9.66. The molecule has 2 heteroatoms. The third kappa shape index (κ3) is 5.45. The maximum Gasteiger partial charge on any atom is 0.220 e. The zero-order valence-corrected chi connectivity index (χ0v) is 17.1. The van der Waals surface area contributed by atoms with E-state index in [1.807, 2.05) is 0 Å². The Morgan fingerprint density at radius 2 is 1.69 bits per heavy atom. The summed E-state index contributed by atoms with van der Waals surface area (Å²) in [6.07, 6.45) is 2.20. The number of aryl methyl sites for hydroxylation is 3. The molecule has 2 nitrogen and oxygen atoms in total. The van der Waals surface area contributed by atoms with Crippen molar-refractivity contribution in [2.45, 2.75) is 72.3 Å². The minimum Gasteiger partial charge on any atom is -0.349 e. The van der Waals surface area contributed by atoms with Crippen LogP contribution in [0.1, 0.15) is 74.4 Å². The highest BCUT2D eigenvalue weighted by molar-refractivity contribution is 5.76. The molecule has 0 spiro atoms. The Morgan fingerprint density at radius 3 is 2.23 bits per heavy atom. The van der Waals surface area contributed by atoms with Crippen LogP contribution in [0.3, 0.4) is 0 Å². The normalized spacial score (nSPS) is 12.7. The summed E-state index contributed by atoms with van der Waals surface area (Å²) in [5, 5.41) is 3.21. The lowest BCUT2D eigenvalue weighted by Gasteiger charge is -2.20. The van der Waals surface area contributed by atoms with Crippen LogP contribution in [0.4, 0.5) is 0 Å². The minimum absolute atomic E-state index is 0.0892. The van der Waals surface area contributed by atoms with Crippen LogP contribution in [0.25, 0.3) is 0 Å². The number of amides is 1. The molecule has 0 saturated carbocycles. The van der Waals surface area contributed by atoms with Crippen molar-refractivity contribution >= 4 is 5.91 Å². The van der Waals surface area contributed by atoms with E-state index in [1.54, 1.807) is 0 Å². The topological polar surface area (TPSA) is 29.1 Å². The predicted molar refractivity (Wildman–Crippen MR) is 111 cm³/mol. The van der Waals surface area contributed by atoms with Gasteiger partial charge in [0.05, 0.1) is 6.04 Å². The van der Waals surface area contributed by atoms with Gasteiger partial charge in [0.1, 0.15) is 0 Å². The molecule has 0 fully saturated rings. The maximum atomic E-state index is 12.5. The van der Waals surface area contributed by atoms with Crippen molar-refractivity contribution in [3.63, 3.8) is 0 Å². The molecular weight excluding hydrogens is 318 g/mol. The summed E-state index contributed by atoms with van der Waals surface area (Å²) in [5.74, 6) is 0.122. The van der Waals surface area contributed by atoms with E-state index < -0.39 is 0 Å². The van der Waals surface area contributed by atoms with Gasteiger partial charge in [-0.15, -0.1) is 0 Å². The Bertz CT molecular complexity index is 738. The summed E-state index contributed by atoms with van der Waals surface area (Å²) in [6.45, 7) is 13.0. The van der Waals surface area contributed by atoms with Gasteiger partial charge in [-0.3, -0.25) is 4.79 Å². The molecule has 0 saturated heterocycles. The highest BCUT2D eigenvalue weighted by atomic mass is 16.1. The Labute approximate surface area is 159 Å². The van der Waals surface area contributed by atoms with E-state index in [9.17, 15) is 4.79 Å². The molecule has 1 amide bonds. The van der Waals surface area contributed by atoms with E-state index in [0.717, 1.165) is 12.8 Å². The molecule has 0 aliphatic carbocycles. The molecule has 2 aromatic rings. The van der Waals surface area contributed by atoms with Crippen LogP contribution in [0, 0.1) is 13.8 Å². The van der Waals surface area contributed by atoms with Gasteiger partial charge in [0.2, 0.25) is 5.91 Å². The predicted octanol–water partition coefficient (Wildman–Crippen LogP) is 5.80. The molecule has 140 valence electrons. The van der Waals surface area contributed by atoms with Gasteiger partial charge in [-0.05, 0) is 54.4 Å². The standard InChI is InChI=1S/C24H33NO/c1-7-22(21-14-8-17(2)16-18(21)3)25-23(26)15-11-19-9-12-20(13-10-19)24(4,5)6/h8-10,12-14,16,22H,7,11,15H2,1-6H3,(H,25,26). The molecule has 0 aliphatic heterocycles. The van der Waals surface area contributed by atoms with Gasteiger partial charge < -0.3 is 5.32 Å². The van der Waals surface area contributed by atoms with E-state index in [4.69, 9.17) is 0 Å². The molecule has 0 bridgehead atoms. The van der Waals surface area contributed by atoms with Gasteiger partial charge in [0.25, 0.3) is 0 Å². The fourth-order valence-electron chi connectivity index (χ4n) is 3.31. The molecule has 1 atom stereocenters. The van der Waals surface area contributed by atoms with Crippen molar-refractivity contribution in [2.24, 2.45) is 0 Å². The number of nitrogens with one attached hydrogen (secondary N) is 1. The van der Waals surface area contributed by atoms with E-state index in [2.05, 4.69) is 89.3 Å². The van der Waals surface area contributed by atoms with Crippen molar-refractivity contribution in [1.82, 2.24) is 5.32 Å². The van der Waals surface area contributed by atoms with Gasteiger partial charge >= 0.3 is 0 Å². The van der Waals surface area contributed by atoms with Crippen LogP contribution >= 0.6 is 0 Å². The Hall–Kier alpha value is -2.09. The summed E-state index contributed by atoms with van der Waals surface area (Å²) < 4.78 is 0.